The Morgan fingerprint density at radius 1 is 1.13 bits per heavy atom. The highest BCUT2D eigenvalue weighted by Gasteiger charge is 2.36. The van der Waals surface area contributed by atoms with Crippen molar-refractivity contribution >= 4 is 63.7 Å². The van der Waals surface area contributed by atoms with E-state index in [2.05, 4.69) is 22.5 Å². The van der Waals surface area contributed by atoms with Gasteiger partial charge in [0.15, 0.2) is 5.11 Å². The minimum absolute atomic E-state index is 0.0630. The average Bonchev–Trinajstić information content (AvgIpc) is 2.71. The number of benzene rings is 2. The summed E-state index contributed by atoms with van der Waals surface area (Å²) in [6.45, 7) is 5.62. The van der Waals surface area contributed by atoms with Crippen LogP contribution in [0.3, 0.4) is 0 Å². The number of carbonyl (C=O) groups excluding carboxylic acids is 1. The van der Waals surface area contributed by atoms with E-state index in [0.717, 1.165) is 5.56 Å². The number of amides is 1. The van der Waals surface area contributed by atoms with Crippen molar-refractivity contribution < 1.29 is 9.90 Å². The fraction of sp³-hybridized carbons (Fsp3) is 0.182. The molecule has 5 nitrogen and oxygen atoms in total. The Morgan fingerprint density at radius 2 is 1.81 bits per heavy atom. The van der Waals surface area contributed by atoms with Crippen molar-refractivity contribution in [2.24, 2.45) is 0 Å². The number of phenolic OH excluding ortho intramolecular Hbond substituents is 1. The Balaban J connectivity index is 2.22. The second-order valence-corrected chi connectivity index (χ2v) is 9.25. The Morgan fingerprint density at radius 3 is 2.35 bits per heavy atom. The second kappa shape index (κ2) is 11.4. The lowest BCUT2D eigenvalue weighted by Crippen LogP contribution is -2.57. The van der Waals surface area contributed by atoms with E-state index < -0.39 is 21.8 Å². The molecule has 0 saturated carbocycles. The summed E-state index contributed by atoms with van der Waals surface area (Å²) in [6, 6.07) is 15.6. The molecule has 164 valence electrons. The number of allylic oxidation sites excluding steroid dienone is 2. The van der Waals surface area contributed by atoms with Crippen LogP contribution >= 0.6 is 47.0 Å². The molecule has 0 saturated heterocycles. The second-order valence-electron chi connectivity index (χ2n) is 6.47. The summed E-state index contributed by atoms with van der Waals surface area (Å²) >= 11 is 23.6. The van der Waals surface area contributed by atoms with Crippen LogP contribution in [0.1, 0.15) is 18.4 Å². The van der Waals surface area contributed by atoms with Gasteiger partial charge in [-0.15, -0.1) is 0 Å². The van der Waals surface area contributed by atoms with Crippen molar-refractivity contribution in [1.29, 1.82) is 0 Å². The van der Waals surface area contributed by atoms with E-state index in [1.807, 2.05) is 37.3 Å². The van der Waals surface area contributed by atoms with Crippen molar-refractivity contribution in [1.82, 2.24) is 10.6 Å². The lowest BCUT2D eigenvalue weighted by Gasteiger charge is -2.30. The zero-order valence-corrected chi connectivity index (χ0v) is 19.7. The maximum Gasteiger partial charge on any atom is 0.233 e. The van der Waals surface area contributed by atoms with Gasteiger partial charge in [0.25, 0.3) is 0 Å². The third-order valence-electron chi connectivity index (χ3n) is 4.29. The molecule has 0 aromatic heterocycles. The molecule has 2 aromatic rings. The van der Waals surface area contributed by atoms with E-state index in [1.54, 1.807) is 24.3 Å². The predicted octanol–water partition coefficient (Wildman–Crippen LogP) is 5.41. The molecule has 9 heteroatoms. The Kier molecular flexibility index (Phi) is 9.19. The van der Waals surface area contributed by atoms with Crippen LogP contribution in [0.4, 0.5) is 5.69 Å². The highest BCUT2D eigenvalue weighted by atomic mass is 35.6. The Hall–Kier alpha value is -2.25. The summed E-state index contributed by atoms with van der Waals surface area (Å²) in [5.41, 5.74) is 1.99. The number of alkyl halides is 3. The smallest absolute Gasteiger partial charge is 0.233 e. The molecule has 0 fully saturated rings. The van der Waals surface area contributed by atoms with Gasteiger partial charge in [-0.05, 0) is 42.4 Å². The molecule has 1 amide bonds. The predicted molar refractivity (Wildman–Crippen MR) is 133 cm³/mol. The topological polar surface area (TPSA) is 73.4 Å². The third-order valence-corrected chi connectivity index (χ3v) is 5.17. The van der Waals surface area contributed by atoms with Crippen molar-refractivity contribution in [3.8, 4) is 5.75 Å². The number of rotatable bonds is 7. The number of nitrogens with one attached hydrogen (secondary N) is 3. The molecule has 0 radical (unpaired) electrons. The summed E-state index contributed by atoms with van der Waals surface area (Å²) in [6.07, 6.45) is 2.27. The number of hydrogen-bond donors (Lipinski definition) is 4. The van der Waals surface area contributed by atoms with Crippen LogP contribution in [0.15, 0.2) is 78.9 Å². The van der Waals surface area contributed by atoms with Gasteiger partial charge >= 0.3 is 0 Å². The highest BCUT2D eigenvalue weighted by Crippen LogP contribution is 2.31. The normalized spacial score (nSPS) is 13.6. The summed E-state index contributed by atoms with van der Waals surface area (Å²) in [5.74, 6) is -0.996. The van der Waals surface area contributed by atoms with Gasteiger partial charge in [-0.1, -0.05) is 89.9 Å². The molecule has 0 bridgehead atoms. The number of hydrogen-bond acceptors (Lipinski definition) is 3. The third kappa shape index (κ3) is 7.43. The van der Waals surface area contributed by atoms with E-state index >= 15 is 0 Å². The number of carbonyl (C=O) groups is 1. The summed E-state index contributed by atoms with van der Waals surface area (Å²) in [7, 11) is 0. The number of phenols is 1. The zero-order chi connectivity index (χ0) is 23.0. The van der Waals surface area contributed by atoms with Gasteiger partial charge in [-0.2, -0.15) is 0 Å². The molecule has 0 aliphatic rings. The first-order chi connectivity index (χ1) is 14.7. The molecule has 0 heterocycles. The lowest BCUT2D eigenvalue weighted by atomic mass is 9.90. The van der Waals surface area contributed by atoms with Gasteiger partial charge in [0, 0.05) is 11.8 Å². The van der Waals surface area contributed by atoms with Crippen LogP contribution in [0, 0.1) is 0 Å². The minimum Gasteiger partial charge on any atom is -0.508 e. The molecule has 31 heavy (non-hydrogen) atoms. The van der Waals surface area contributed by atoms with Crippen molar-refractivity contribution in [3.05, 3.63) is 84.5 Å². The van der Waals surface area contributed by atoms with Crippen LogP contribution in [-0.4, -0.2) is 26.1 Å². The Labute approximate surface area is 202 Å². The van der Waals surface area contributed by atoms with Crippen LogP contribution < -0.4 is 16.0 Å². The SMILES string of the molecule is C=CC(=CC)C(C(=O)NC(NC(=S)Nc1cccc(O)c1)C(Cl)(Cl)Cl)c1ccccc1. The number of halogens is 3. The quantitative estimate of drug-likeness (QED) is 0.178. The molecule has 4 N–H and O–H groups in total. The molecule has 0 spiro atoms. The monoisotopic (exact) mass is 497 g/mol. The molecule has 0 aliphatic heterocycles. The molecule has 2 rings (SSSR count). The number of thiocarbonyl (C=S) groups is 1. The average molecular weight is 499 g/mol. The summed E-state index contributed by atoms with van der Waals surface area (Å²) < 4.78 is -1.91. The fourth-order valence-electron chi connectivity index (χ4n) is 2.85. The first-order valence-corrected chi connectivity index (χ1v) is 10.8. The van der Waals surface area contributed by atoms with Crippen LogP contribution in [0.5, 0.6) is 5.75 Å². The van der Waals surface area contributed by atoms with Crippen LogP contribution in [0.25, 0.3) is 0 Å². The first-order valence-electron chi connectivity index (χ1n) is 9.23. The van der Waals surface area contributed by atoms with E-state index in [0.29, 0.717) is 11.3 Å². The van der Waals surface area contributed by atoms with Gasteiger partial charge in [-0.3, -0.25) is 4.79 Å². The minimum atomic E-state index is -1.91. The first kappa shape index (κ1) is 25.0. The van der Waals surface area contributed by atoms with Gasteiger partial charge < -0.3 is 21.1 Å². The fourth-order valence-corrected chi connectivity index (χ4v) is 3.41. The van der Waals surface area contributed by atoms with Crippen molar-refractivity contribution in [2.75, 3.05) is 5.32 Å². The largest absolute Gasteiger partial charge is 0.508 e. The van der Waals surface area contributed by atoms with E-state index in [-0.39, 0.29) is 10.9 Å². The lowest BCUT2D eigenvalue weighted by molar-refractivity contribution is -0.122. The van der Waals surface area contributed by atoms with Gasteiger partial charge in [0.1, 0.15) is 11.9 Å². The summed E-state index contributed by atoms with van der Waals surface area (Å²) in [4.78, 5) is 13.2. The molecular weight excluding hydrogens is 477 g/mol. The van der Waals surface area contributed by atoms with Gasteiger partial charge in [-0.25, -0.2) is 0 Å². The van der Waals surface area contributed by atoms with Gasteiger partial charge in [0.2, 0.25) is 9.70 Å². The van der Waals surface area contributed by atoms with Crippen molar-refractivity contribution in [2.45, 2.75) is 22.8 Å². The molecule has 2 aromatic carbocycles. The number of anilines is 1. The maximum atomic E-state index is 13.2. The van der Waals surface area contributed by atoms with Crippen molar-refractivity contribution in [3.63, 3.8) is 0 Å². The van der Waals surface area contributed by atoms with E-state index in [9.17, 15) is 9.90 Å². The zero-order valence-electron chi connectivity index (χ0n) is 16.6. The standard InChI is InChI=1S/C22H22Cl3N3O2S/c1-3-14(4-2)18(15-9-6-5-7-10-15)19(30)27-20(22(23,24)25)28-21(31)26-16-11-8-12-17(29)13-16/h3-13,18,20,29H,1H2,2H3,(H,27,30)(H2,26,28,31). The van der Waals surface area contributed by atoms with Gasteiger partial charge in [0.05, 0.1) is 5.92 Å². The molecule has 2 unspecified atom stereocenters. The molecular formula is C22H22Cl3N3O2S. The van der Waals surface area contributed by atoms with E-state index in [4.69, 9.17) is 47.0 Å². The highest BCUT2D eigenvalue weighted by molar-refractivity contribution is 7.80. The van der Waals surface area contributed by atoms with E-state index in [1.165, 1.54) is 12.1 Å². The van der Waals surface area contributed by atoms with Crippen LogP contribution in [-0.2, 0) is 4.79 Å². The van der Waals surface area contributed by atoms with Crippen LogP contribution in [0.2, 0.25) is 0 Å². The molecule has 0 aliphatic carbocycles. The Bertz CT molecular complexity index is 962. The summed E-state index contributed by atoms with van der Waals surface area (Å²) in [5, 5.41) is 18.1. The molecule has 2 atom stereocenters. The maximum absolute atomic E-state index is 13.2. The number of aromatic hydroxyl groups is 1.